The van der Waals surface area contributed by atoms with Gasteiger partial charge in [0.05, 0.1) is 5.75 Å². The molecule has 1 atom stereocenters. The zero-order valence-corrected chi connectivity index (χ0v) is 13.6. The fraction of sp³-hybridized carbons (Fsp3) is 0.727. The van der Waals surface area contributed by atoms with Crippen LogP contribution in [0.1, 0.15) is 20.3 Å². The molecule has 2 rings (SSSR count). The molecule has 0 saturated carbocycles. The van der Waals surface area contributed by atoms with Crippen molar-refractivity contribution in [3.05, 3.63) is 0 Å². The standard InChI is InChI=1S/C11H19N3O2S3/c1-3-6-19(15,16)9-10(12)13-18-11(9)14-4-5-17-7-8(14)2/h8H,3-7H2,1-2H3,(H2,12,13). The number of nitrogens with zero attached hydrogens (tertiary/aromatic N) is 2. The third kappa shape index (κ3) is 3.00. The van der Waals surface area contributed by atoms with Crippen LogP contribution in [0.15, 0.2) is 4.90 Å². The van der Waals surface area contributed by atoms with E-state index in [1.165, 1.54) is 11.5 Å². The van der Waals surface area contributed by atoms with Crippen molar-refractivity contribution in [2.75, 3.05) is 34.4 Å². The van der Waals surface area contributed by atoms with Gasteiger partial charge >= 0.3 is 0 Å². The van der Waals surface area contributed by atoms with E-state index in [4.69, 9.17) is 5.73 Å². The summed E-state index contributed by atoms with van der Waals surface area (Å²) in [6, 6.07) is 0.314. The van der Waals surface area contributed by atoms with E-state index in [2.05, 4.69) is 16.2 Å². The Kier molecular flexibility index (Phi) is 4.62. The molecular weight excluding hydrogens is 302 g/mol. The van der Waals surface area contributed by atoms with Gasteiger partial charge in [-0.1, -0.05) is 6.92 Å². The number of anilines is 2. The van der Waals surface area contributed by atoms with Crippen LogP contribution in [0, 0.1) is 0 Å². The highest BCUT2D eigenvalue weighted by Gasteiger charge is 2.30. The van der Waals surface area contributed by atoms with Gasteiger partial charge in [0.15, 0.2) is 15.7 Å². The Hall–Kier alpha value is -0.470. The molecule has 0 aromatic carbocycles. The predicted octanol–water partition coefficient (Wildman–Crippen LogP) is 1.85. The van der Waals surface area contributed by atoms with Gasteiger partial charge in [-0.2, -0.15) is 16.1 Å². The van der Waals surface area contributed by atoms with Gasteiger partial charge in [-0.3, -0.25) is 0 Å². The maximum Gasteiger partial charge on any atom is 0.185 e. The quantitative estimate of drug-likeness (QED) is 0.912. The summed E-state index contributed by atoms with van der Waals surface area (Å²) in [5.41, 5.74) is 5.80. The van der Waals surface area contributed by atoms with Crippen LogP contribution in [0.3, 0.4) is 0 Å². The maximum atomic E-state index is 12.3. The Balaban J connectivity index is 2.42. The minimum absolute atomic E-state index is 0.125. The number of thioether (sulfide) groups is 1. The molecule has 1 aliphatic heterocycles. The minimum Gasteiger partial charge on any atom is -0.382 e. The summed E-state index contributed by atoms with van der Waals surface area (Å²) in [6.45, 7) is 4.81. The molecule has 0 radical (unpaired) electrons. The second-order valence-electron chi connectivity index (χ2n) is 4.64. The molecule has 0 bridgehead atoms. The number of aromatic nitrogens is 1. The first-order valence-corrected chi connectivity index (χ1v) is 9.87. The highest BCUT2D eigenvalue weighted by molar-refractivity contribution is 7.99. The summed E-state index contributed by atoms with van der Waals surface area (Å²) in [6.07, 6.45) is 0.586. The van der Waals surface area contributed by atoms with E-state index < -0.39 is 9.84 Å². The SMILES string of the molecule is CCCS(=O)(=O)c1c(N)nsc1N1CCSCC1C. The fourth-order valence-corrected chi connectivity index (χ4v) is 6.05. The number of sulfone groups is 1. The summed E-state index contributed by atoms with van der Waals surface area (Å²) in [5, 5.41) is 0.721. The average Bonchev–Trinajstić information content (AvgIpc) is 2.72. The van der Waals surface area contributed by atoms with Crippen molar-refractivity contribution in [2.24, 2.45) is 0 Å². The maximum absolute atomic E-state index is 12.3. The Morgan fingerprint density at radius 3 is 2.89 bits per heavy atom. The highest BCUT2D eigenvalue weighted by atomic mass is 32.2. The summed E-state index contributed by atoms with van der Waals surface area (Å²) in [5.74, 6) is 2.29. The van der Waals surface area contributed by atoms with Crippen LogP contribution in [0.5, 0.6) is 0 Å². The summed E-state index contributed by atoms with van der Waals surface area (Å²) in [7, 11) is -3.33. The van der Waals surface area contributed by atoms with Crippen LogP contribution < -0.4 is 10.6 Å². The molecule has 1 aromatic rings. The van der Waals surface area contributed by atoms with Gasteiger partial charge in [0.25, 0.3) is 0 Å². The van der Waals surface area contributed by atoms with E-state index in [0.717, 1.165) is 23.1 Å². The van der Waals surface area contributed by atoms with Crippen molar-refractivity contribution in [3.63, 3.8) is 0 Å². The molecule has 1 aliphatic rings. The van der Waals surface area contributed by atoms with Gasteiger partial charge in [0.1, 0.15) is 9.90 Å². The molecule has 2 heterocycles. The van der Waals surface area contributed by atoms with Crippen molar-refractivity contribution in [2.45, 2.75) is 31.2 Å². The third-order valence-electron chi connectivity index (χ3n) is 3.07. The molecule has 0 spiro atoms. The topological polar surface area (TPSA) is 76.3 Å². The van der Waals surface area contributed by atoms with E-state index in [9.17, 15) is 8.42 Å². The monoisotopic (exact) mass is 321 g/mol. The van der Waals surface area contributed by atoms with Crippen LogP contribution >= 0.6 is 23.3 Å². The molecule has 2 N–H and O–H groups in total. The summed E-state index contributed by atoms with van der Waals surface area (Å²) >= 11 is 3.10. The van der Waals surface area contributed by atoms with Crippen LogP contribution in [-0.4, -0.2) is 42.6 Å². The van der Waals surface area contributed by atoms with Crippen molar-refractivity contribution in [3.8, 4) is 0 Å². The molecule has 5 nitrogen and oxygen atoms in total. The Labute approximate surface area is 122 Å². The van der Waals surface area contributed by atoms with Crippen molar-refractivity contribution < 1.29 is 8.42 Å². The van der Waals surface area contributed by atoms with Crippen molar-refractivity contribution in [1.29, 1.82) is 0 Å². The molecule has 19 heavy (non-hydrogen) atoms. The number of hydrogen-bond donors (Lipinski definition) is 1. The van der Waals surface area contributed by atoms with Crippen LogP contribution in [0.4, 0.5) is 10.8 Å². The van der Waals surface area contributed by atoms with E-state index >= 15 is 0 Å². The first-order valence-electron chi connectivity index (χ1n) is 6.29. The Morgan fingerprint density at radius 2 is 2.26 bits per heavy atom. The van der Waals surface area contributed by atoms with E-state index in [-0.39, 0.29) is 16.5 Å². The smallest absolute Gasteiger partial charge is 0.185 e. The normalized spacial score (nSPS) is 20.7. The van der Waals surface area contributed by atoms with E-state index in [0.29, 0.717) is 12.5 Å². The zero-order valence-electron chi connectivity index (χ0n) is 11.1. The largest absolute Gasteiger partial charge is 0.382 e. The molecule has 1 fully saturated rings. The van der Waals surface area contributed by atoms with E-state index in [1.54, 1.807) is 0 Å². The lowest BCUT2D eigenvalue weighted by Crippen LogP contribution is -2.40. The Morgan fingerprint density at radius 1 is 1.53 bits per heavy atom. The highest BCUT2D eigenvalue weighted by Crippen LogP contribution is 2.38. The molecule has 1 saturated heterocycles. The number of nitrogens with two attached hydrogens (primary N) is 1. The summed E-state index contributed by atoms with van der Waals surface area (Å²) < 4.78 is 28.7. The predicted molar refractivity (Wildman–Crippen MR) is 83.0 cm³/mol. The number of hydrogen-bond acceptors (Lipinski definition) is 7. The first-order chi connectivity index (χ1) is 8.97. The second-order valence-corrected chi connectivity index (χ2v) is 8.59. The number of rotatable bonds is 4. The van der Waals surface area contributed by atoms with Gasteiger partial charge in [0, 0.05) is 24.1 Å². The van der Waals surface area contributed by atoms with Crippen LogP contribution in [0.25, 0.3) is 0 Å². The van der Waals surface area contributed by atoms with Crippen LogP contribution in [-0.2, 0) is 9.84 Å². The summed E-state index contributed by atoms with van der Waals surface area (Å²) in [4.78, 5) is 2.38. The minimum atomic E-state index is -3.33. The average molecular weight is 321 g/mol. The number of nitrogen functional groups attached to an aromatic ring is 1. The third-order valence-corrected chi connectivity index (χ3v) is 7.26. The molecule has 1 unspecified atom stereocenters. The lowest BCUT2D eigenvalue weighted by Gasteiger charge is -2.34. The first kappa shape index (κ1) is 14.9. The molecular formula is C11H19N3O2S3. The van der Waals surface area contributed by atoms with Gasteiger partial charge in [-0.15, -0.1) is 0 Å². The fourth-order valence-electron chi connectivity index (χ4n) is 2.16. The molecule has 1 aromatic heterocycles. The molecule has 0 amide bonds. The van der Waals surface area contributed by atoms with Crippen LogP contribution in [0.2, 0.25) is 0 Å². The lowest BCUT2D eigenvalue weighted by atomic mass is 10.3. The Bertz CT molecular complexity index is 541. The molecule has 108 valence electrons. The van der Waals surface area contributed by atoms with Crippen molar-refractivity contribution in [1.82, 2.24) is 4.37 Å². The second kappa shape index (κ2) is 5.88. The van der Waals surface area contributed by atoms with Gasteiger partial charge in [-0.05, 0) is 24.9 Å². The zero-order chi connectivity index (χ0) is 14.0. The molecule has 0 aliphatic carbocycles. The van der Waals surface area contributed by atoms with Crippen molar-refractivity contribution >= 4 is 44.0 Å². The lowest BCUT2D eigenvalue weighted by molar-refractivity contribution is 0.594. The van der Waals surface area contributed by atoms with Gasteiger partial charge < -0.3 is 10.6 Å². The van der Waals surface area contributed by atoms with Gasteiger partial charge in [-0.25, -0.2) is 8.42 Å². The molecule has 8 heteroatoms. The van der Waals surface area contributed by atoms with E-state index in [1.807, 2.05) is 18.7 Å². The van der Waals surface area contributed by atoms with Gasteiger partial charge in [0.2, 0.25) is 0 Å².